The molecular weight excluding hydrogens is 216 g/mol. The van der Waals surface area contributed by atoms with E-state index >= 15 is 0 Å². The highest BCUT2D eigenvalue weighted by molar-refractivity contribution is 5.76. The Morgan fingerprint density at radius 2 is 2.12 bits per heavy atom. The number of hydrogen-bond acceptors (Lipinski definition) is 3. The maximum absolute atomic E-state index is 11.9. The highest BCUT2D eigenvalue weighted by Crippen LogP contribution is 2.20. The summed E-state index contributed by atoms with van der Waals surface area (Å²) in [6.45, 7) is 4.58. The van der Waals surface area contributed by atoms with Gasteiger partial charge in [0, 0.05) is 26.6 Å². The summed E-state index contributed by atoms with van der Waals surface area (Å²) in [5.74, 6) is 1.00. The first-order valence-electron chi connectivity index (χ1n) is 6.68. The van der Waals surface area contributed by atoms with Gasteiger partial charge in [-0.1, -0.05) is 0 Å². The van der Waals surface area contributed by atoms with Crippen LogP contribution in [0.3, 0.4) is 0 Å². The summed E-state index contributed by atoms with van der Waals surface area (Å²) in [7, 11) is 1.69. The van der Waals surface area contributed by atoms with Crippen LogP contribution in [0.2, 0.25) is 0 Å². The number of piperidine rings is 1. The minimum absolute atomic E-state index is 0.175. The number of hydrogen-bond donors (Lipinski definition) is 1. The Kier molecular flexibility index (Phi) is 6.52. The van der Waals surface area contributed by atoms with E-state index in [-0.39, 0.29) is 12.0 Å². The zero-order chi connectivity index (χ0) is 12.7. The SMILES string of the molecule is COC(C)CCC(=O)N1CCC(CCN)CC1. The molecule has 0 spiro atoms. The first-order chi connectivity index (χ1) is 8.17. The third-order valence-corrected chi connectivity index (χ3v) is 3.71. The standard InChI is InChI=1S/C13H26N2O2/c1-11(17-2)3-4-13(16)15-9-6-12(5-8-14)7-10-15/h11-12H,3-10,14H2,1-2H3. The molecule has 4 nitrogen and oxygen atoms in total. The molecule has 1 saturated heterocycles. The minimum atomic E-state index is 0.175. The van der Waals surface area contributed by atoms with E-state index in [4.69, 9.17) is 10.5 Å². The Labute approximate surface area is 104 Å². The van der Waals surface area contributed by atoms with Crippen LogP contribution in [0.25, 0.3) is 0 Å². The van der Waals surface area contributed by atoms with Crippen LogP contribution in [0.4, 0.5) is 0 Å². The van der Waals surface area contributed by atoms with Gasteiger partial charge >= 0.3 is 0 Å². The molecule has 4 heteroatoms. The average molecular weight is 242 g/mol. The van der Waals surface area contributed by atoms with Crippen molar-refractivity contribution in [3.63, 3.8) is 0 Å². The van der Waals surface area contributed by atoms with Gasteiger partial charge in [-0.25, -0.2) is 0 Å². The zero-order valence-electron chi connectivity index (χ0n) is 11.2. The van der Waals surface area contributed by atoms with Crippen molar-refractivity contribution in [2.75, 3.05) is 26.7 Å². The number of amides is 1. The molecule has 0 saturated carbocycles. The number of carbonyl (C=O) groups is 1. The molecule has 1 rings (SSSR count). The molecule has 1 aliphatic rings. The lowest BCUT2D eigenvalue weighted by Gasteiger charge is -2.32. The molecule has 100 valence electrons. The van der Waals surface area contributed by atoms with Crippen molar-refractivity contribution in [3.8, 4) is 0 Å². The summed E-state index contributed by atoms with van der Waals surface area (Å²) in [5.41, 5.74) is 5.56. The van der Waals surface area contributed by atoms with Gasteiger partial charge in [0.15, 0.2) is 0 Å². The van der Waals surface area contributed by atoms with Gasteiger partial charge in [-0.15, -0.1) is 0 Å². The van der Waals surface area contributed by atoms with Crippen molar-refractivity contribution in [2.45, 2.75) is 45.1 Å². The summed E-state index contributed by atoms with van der Waals surface area (Å²) in [4.78, 5) is 13.9. The van der Waals surface area contributed by atoms with E-state index in [1.54, 1.807) is 7.11 Å². The zero-order valence-corrected chi connectivity index (χ0v) is 11.2. The van der Waals surface area contributed by atoms with Crippen molar-refractivity contribution >= 4 is 5.91 Å². The Hall–Kier alpha value is -0.610. The molecule has 17 heavy (non-hydrogen) atoms. The average Bonchev–Trinajstić information content (AvgIpc) is 2.36. The Bertz CT molecular complexity index is 225. The molecular formula is C13H26N2O2. The molecule has 0 aromatic rings. The molecule has 0 aromatic carbocycles. The third kappa shape index (κ3) is 5.04. The van der Waals surface area contributed by atoms with Crippen LogP contribution >= 0.6 is 0 Å². The second-order valence-electron chi connectivity index (χ2n) is 4.99. The maximum Gasteiger partial charge on any atom is 0.222 e. The van der Waals surface area contributed by atoms with Crippen LogP contribution in [0.1, 0.15) is 39.0 Å². The van der Waals surface area contributed by atoms with Crippen LogP contribution in [0, 0.1) is 5.92 Å². The highest BCUT2D eigenvalue weighted by atomic mass is 16.5. The normalized spacial score (nSPS) is 19.4. The second-order valence-corrected chi connectivity index (χ2v) is 4.99. The molecule has 1 aliphatic heterocycles. The Balaban J connectivity index is 2.21. The van der Waals surface area contributed by atoms with Gasteiger partial charge in [-0.3, -0.25) is 4.79 Å². The monoisotopic (exact) mass is 242 g/mol. The fraction of sp³-hybridized carbons (Fsp3) is 0.923. The Morgan fingerprint density at radius 3 is 2.65 bits per heavy atom. The quantitative estimate of drug-likeness (QED) is 0.765. The van der Waals surface area contributed by atoms with Gasteiger partial charge in [0.2, 0.25) is 5.91 Å². The largest absolute Gasteiger partial charge is 0.382 e. The molecule has 1 amide bonds. The summed E-state index contributed by atoms with van der Waals surface area (Å²) < 4.78 is 5.15. The predicted octanol–water partition coefficient (Wildman–Crippen LogP) is 1.39. The van der Waals surface area contributed by atoms with E-state index < -0.39 is 0 Å². The molecule has 1 unspecified atom stereocenters. The van der Waals surface area contributed by atoms with Crippen molar-refractivity contribution < 1.29 is 9.53 Å². The summed E-state index contributed by atoms with van der Waals surface area (Å²) in [6, 6.07) is 0. The van der Waals surface area contributed by atoms with Gasteiger partial charge in [0.05, 0.1) is 6.10 Å². The molecule has 2 N–H and O–H groups in total. The van der Waals surface area contributed by atoms with Gasteiger partial charge in [-0.2, -0.15) is 0 Å². The summed E-state index contributed by atoms with van der Waals surface area (Å²) in [5, 5.41) is 0. The molecule has 1 fully saturated rings. The van der Waals surface area contributed by atoms with Crippen molar-refractivity contribution in [1.82, 2.24) is 4.90 Å². The number of nitrogens with zero attached hydrogens (tertiary/aromatic N) is 1. The topological polar surface area (TPSA) is 55.6 Å². The first-order valence-corrected chi connectivity index (χ1v) is 6.68. The van der Waals surface area contributed by atoms with E-state index in [1.807, 2.05) is 11.8 Å². The lowest BCUT2D eigenvalue weighted by molar-refractivity contribution is -0.133. The molecule has 0 bridgehead atoms. The van der Waals surface area contributed by atoms with Crippen LogP contribution < -0.4 is 5.73 Å². The first kappa shape index (κ1) is 14.5. The van der Waals surface area contributed by atoms with Gasteiger partial charge < -0.3 is 15.4 Å². The molecule has 1 heterocycles. The minimum Gasteiger partial charge on any atom is -0.382 e. The molecule has 1 atom stereocenters. The molecule has 0 radical (unpaired) electrons. The Morgan fingerprint density at radius 1 is 1.47 bits per heavy atom. The van der Waals surface area contributed by atoms with E-state index in [0.717, 1.165) is 51.2 Å². The van der Waals surface area contributed by atoms with Crippen LogP contribution in [0.5, 0.6) is 0 Å². The van der Waals surface area contributed by atoms with E-state index in [2.05, 4.69) is 0 Å². The predicted molar refractivity (Wildman–Crippen MR) is 68.7 cm³/mol. The molecule has 0 aliphatic carbocycles. The summed E-state index contributed by atoms with van der Waals surface area (Å²) in [6.07, 6.45) is 4.93. The third-order valence-electron chi connectivity index (χ3n) is 3.71. The van der Waals surface area contributed by atoms with E-state index in [0.29, 0.717) is 6.42 Å². The van der Waals surface area contributed by atoms with Gasteiger partial charge in [0.1, 0.15) is 0 Å². The number of nitrogens with two attached hydrogens (primary N) is 1. The van der Waals surface area contributed by atoms with Crippen LogP contribution in [-0.2, 0) is 9.53 Å². The summed E-state index contributed by atoms with van der Waals surface area (Å²) >= 11 is 0. The van der Waals surface area contributed by atoms with Crippen molar-refractivity contribution in [2.24, 2.45) is 11.7 Å². The fourth-order valence-electron chi connectivity index (χ4n) is 2.31. The number of rotatable bonds is 6. The lowest BCUT2D eigenvalue weighted by atomic mass is 9.93. The number of likely N-dealkylation sites (tertiary alicyclic amines) is 1. The number of carbonyl (C=O) groups excluding carboxylic acids is 1. The smallest absolute Gasteiger partial charge is 0.222 e. The van der Waals surface area contributed by atoms with Crippen LogP contribution in [0.15, 0.2) is 0 Å². The van der Waals surface area contributed by atoms with Gasteiger partial charge in [-0.05, 0) is 45.1 Å². The van der Waals surface area contributed by atoms with Gasteiger partial charge in [0.25, 0.3) is 0 Å². The number of methoxy groups -OCH3 is 1. The highest BCUT2D eigenvalue weighted by Gasteiger charge is 2.22. The van der Waals surface area contributed by atoms with Crippen LogP contribution in [-0.4, -0.2) is 43.7 Å². The molecule has 0 aromatic heterocycles. The van der Waals surface area contributed by atoms with Crippen molar-refractivity contribution in [3.05, 3.63) is 0 Å². The second kappa shape index (κ2) is 7.67. The van der Waals surface area contributed by atoms with E-state index in [9.17, 15) is 4.79 Å². The lowest BCUT2D eigenvalue weighted by Crippen LogP contribution is -2.39. The van der Waals surface area contributed by atoms with E-state index in [1.165, 1.54) is 0 Å². The number of ether oxygens (including phenoxy) is 1. The maximum atomic E-state index is 11.9. The fourth-order valence-corrected chi connectivity index (χ4v) is 2.31. The van der Waals surface area contributed by atoms with Crippen molar-refractivity contribution in [1.29, 1.82) is 0 Å².